The van der Waals surface area contributed by atoms with Gasteiger partial charge in [0.2, 0.25) is 11.8 Å². The molecule has 1 fully saturated rings. The zero-order valence-electron chi connectivity index (χ0n) is 13.9. The summed E-state index contributed by atoms with van der Waals surface area (Å²) in [5.74, 6) is 0.0195. The molecule has 0 aromatic carbocycles. The Balaban J connectivity index is 2.02. The molecule has 0 bridgehead atoms. The van der Waals surface area contributed by atoms with Crippen molar-refractivity contribution in [3.63, 3.8) is 0 Å². The minimum absolute atomic E-state index is 0.111. The van der Waals surface area contributed by atoms with E-state index in [0.29, 0.717) is 6.54 Å². The van der Waals surface area contributed by atoms with E-state index in [2.05, 4.69) is 16.5 Å². The van der Waals surface area contributed by atoms with Crippen LogP contribution in [0.1, 0.15) is 19.5 Å². The molecule has 1 aliphatic heterocycles. The minimum atomic E-state index is -0.111. The predicted molar refractivity (Wildman–Crippen MR) is 90.0 cm³/mol. The number of nitrogens with zero attached hydrogens (tertiary/aromatic N) is 4. The maximum atomic E-state index is 11.9. The van der Waals surface area contributed by atoms with Gasteiger partial charge in [-0.2, -0.15) is 0 Å². The monoisotopic (exact) mass is 316 g/mol. The second-order valence-corrected chi connectivity index (χ2v) is 5.57. The molecule has 23 heavy (non-hydrogen) atoms. The Kier molecular flexibility index (Phi) is 5.87. The Morgan fingerprint density at radius 3 is 2.61 bits per heavy atom. The van der Waals surface area contributed by atoms with Crippen LogP contribution in [-0.2, 0) is 16.1 Å². The number of carbonyl (C=O) groups is 2. The molecule has 0 N–H and O–H groups in total. The average Bonchev–Trinajstić information content (AvgIpc) is 2.56. The first-order chi connectivity index (χ1) is 11.0. The molecule has 124 valence electrons. The van der Waals surface area contributed by atoms with Crippen LogP contribution < -0.4 is 4.90 Å². The number of likely N-dealkylation sites (N-methyl/N-ethyl adjacent to an activating group) is 1. The molecule has 0 atom stereocenters. The van der Waals surface area contributed by atoms with E-state index in [1.165, 1.54) is 6.08 Å². The Morgan fingerprint density at radius 1 is 1.35 bits per heavy atom. The number of aromatic nitrogens is 1. The molecule has 0 unspecified atom stereocenters. The minimum Gasteiger partial charge on any atom is -0.340 e. The second-order valence-electron chi connectivity index (χ2n) is 5.57. The van der Waals surface area contributed by atoms with E-state index >= 15 is 0 Å². The summed E-state index contributed by atoms with van der Waals surface area (Å²) in [7, 11) is 0. The highest BCUT2D eigenvalue weighted by atomic mass is 16.2. The van der Waals surface area contributed by atoms with Crippen molar-refractivity contribution < 1.29 is 9.59 Å². The van der Waals surface area contributed by atoms with Gasteiger partial charge in [0.25, 0.3) is 0 Å². The van der Waals surface area contributed by atoms with Gasteiger partial charge in [0.1, 0.15) is 0 Å². The van der Waals surface area contributed by atoms with Crippen LogP contribution in [0.2, 0.25) is 0 Å². The zero-order valence-corrected chi connectivity index (χ0v) is 13.9. The van der Waals surface area contributed by atoms with Crippen molar-refractivity contribution in [3.05, 3.63) is 36.7 Å². The topological polar surface area (TPSA) is 56.8 Å². The Hall–Kier alpha value is -2.21. The number of carbonyl (C=O) groups excluding carboxylic acids is 2. The van der Waals surface area contributed by atoms with Gasteiger partial charge in [0, 0.05) is 58.1 Å². The van der Waals surface area contributed by atoms with E-state index < -0.39 is 0 Å². The first-order valence-corrected chi connectivity index (χ1v) is 7.92. The highest BCUT2D eigenvalue weighted by Gasteiger charge is 2.19. The van der Waals surface area contributed by atoms with Crippen LogP contribution in [0.4, 0.5) is 5.69 Å². The summed E-state index contributed by atoms with van der Waals surface area (Å²) in [4.78, 5) is 33.5. The summed E-state index contributed by atoms with van der Waals surface area (Å²) < 4.78 is 0. The number of pyridine rings is 1. The van der Waals surface area contributed by atoms with Crippen LogP contribution in [0.15, 0.2) is 31.0 Å². The van der Waals surface area contributed by atoms with Gasteiger partial charge in [0.15, 0.2) is 0 Å². The first-order valence-electron chi connectivity index (χ1n) is 7.92. The van der Waals surface area contributed by atoms with Crippen LogP contribution in [0.3, 0.4) is 0 Å². The molecule has 1 saturated heterocycles. The normalized spacial score (nSPS) is 15.3. The van der Waals surface area contributed by atoms with Crippen molar-refractivity contribution in [1.82, 2.24) is 14.8 Å². The molecule has 1 aromatic rings. The molecular weight excluding hydrogens is 292 g/mol. The van der Waals surface area contributed by atoms with Gasteiger partial charge in [-0.3, -0.25) is 19.5 Å². The fourth-order valence-corrected chi connectivity index (χ4v) is 2.75. The van der Waals surface area contributed by atoms with E-state index in [0.717, 1.165) is 44.1 Å². The van der Waals surface area contributed by atoms with Crippen molar-refractivity contribution in [2.75, 3.05) is 37.6 Å². The molecule has 0 radical (unpaired) electrons. The van der Waals surface area contributed by atoms with E-state index in [9.17, 15) is 9.59 Å². The van der Waals surface area contributed by atoms with E-state index in [1.807, 2.05) is 24.0 Å². The SMILES string of the molecule is C=CC(=O)N(CC)c1ccnc(CN2CCN(C(C)=O)CC2)c1. The lowest BCUT2D eigenvalue weighted by atomic mass is 10.2. The summed E-state index contributed by atoms with van der Waals surface area (Å²) in [5.41, 5.74) is 1.76. The van der Waals surface area contributed by atoms with Crippen molar-refractivity contribution in [2.24, 2.45) is 0 Å². The smallest absolute Gasteiger partial charge is 0.250 e. The quantitative estimate of drug-likeness (QED) is 0.768. The number of piperazine rings is 1. The third-order valence-electron chi connectivity index (χ3n) is 4.07. The fraction of sp³-hybridized carbons (Fsp3) is 0.471. The molecule has 2 heterocycles. The molecule has 0 aliphatic carbocycles. The largest absolute Gasteiger partial charge is 0.340 e. The summed E-state index contributed by atoms with van der Waals surface area (Å²) in [6.07, 6.45) is 3.06. The summed E-state index contributed by atoms with van der Waals surface area (Å²) >= 11 is 0. The van der Waals surface area contributed by atoms with Crippen LogP contribution >= 0.6 is 0 Å². The number of hydrogen-bond acceptors (Lipinski definition) is 4. The summed E-state index contributed by atoms with van der Waals surface area (Å²) in [6, 6.07) is 3.78. The van der Waals surface area contributed by atoms with Crippen LogP contribution in [-0.4, -0.2) is 59.3 Å². The molecule has 1 aliphatic rings. The van der Waals surface area contributed by atoms with Crippen LogP contribution in [0, 0.1) is 0 Å². The first kappa shape index (κ1) is 17.1. The maximum Gasteiger partial charge on any atom is 0.250 e. The Morgan fingerprint density at radius 2 is 2.04 bits per heavy atom. The van der Waals surface area contributed by atoms with E-state index in [4.69, 9.17) is 0 Å². The molecule has 6 heteroatoms. The van der Waals surface area contributed by atoms with Gasteiger partial charge in [-0.25, -0.2) is 0 Å². The van der Waals surface area contributed by atoms with Crippen LogP contribution in [0.5, 0.6) is 0 Å². The van der Waals surface area contributed by atoms with Gasteiger partial charge in [-0.15, -0.1) is 0 Å². The number of hydrogen-bond donors (Lipinski definition) is 0. The molecule has 1 aromatic heterocycles. The highest BCUT2D eigenvalue weighted by molar-refractivity contribution is 6.00. The van der Waals surface area contributed by atoms with Gasteiger partial charge < -0.3 is 9.80 Å². The Bertz CT molecular complexity index is 580. The Labute approximate surface area is 137 Å². The number of anilines is 1. The zero-order chi connectivity index (χ0) is 16.8. The average molecular weight is 316 g/mol. The van der Waals surface area contributed by atoms with Gasteiger partial charge in [-0.1, -0.05) is 6.58 Å². The van der Waals surface area contributed by atoms with Crippen molar-refractivity contribution in [1.29, 1.82) is 0 Å². The van der Waals surface area contributed by atoms with Gasteiger partial charge >= 0.3 is 0 Å². The lowest BCUT2D eigenvalue weighted by Gasteiger charge is -2.34. The molecule has 0 spiro atoms. The summed E-state index contributed by atoms with van der Waals surface area (Å²) in [6.45, 7) is 11.6. The third-order valence-corrected chi connectivity index (χ3v) is 4.07. The van der Waals surface area contributed by atoms with E-state index in [1.54, 1.807) is 18.0 Å². The van der Waals surface area contributed by atoms with Crippen molar-refractivity contribution in [3.8, 4) is 0 Å². The van der Waals surface area contributed by atoms with Gasteiger partial charge in [0.05, 0.1) is 5.69 Å². The highest BCUT2D eigenvalue weighted by Crippen LogP contribution is 2.16. The maximum absolute atomic E-state index is 11.9. The van der Waals surface area contributed by atoms with Crippen LogP contribution in [0.25, 0.3) is 0 Å². The number of amides is 2. The lowest BCUT2D eigenvalue weighted by molar-refractivity contribution is -0.130. The second kappa shape index (κ2) is 7.87. The molecule has 6 nitrogen and oxygen atoms in total. The predicted octanol–water partition coefficient (Wildman–Crippen LogP) is 1.28. The number of rotatable bonds is 5. The molecule has 0 saturated carbocycles. The standard InChI is InChI=1S/C17H24N4O2/c1-4-17(23)21(5-2)16-6-7-18-15(12-16)13-19-8-10-20(11-9-19)14(3)22/h4,6-7,12H,1,5,8-11,13H2,2-3H3. The third kappa shape index (κ3) is 4.39. The van der Waals surface area contributed by atoms with Crippen molar-refractivity contribution >= 4 is 17.5 Å². The van der Waals surface area contributed by atoms with Gasteiger partial charge in [-0.05, 0) is 25.1 Å². The van der Waals surface area contributed by atoms with Crippen molar-refractivity contribution in [2.45, 2.75) is 20.4 Å². The molecular formula is C17H24N4O2. The molecule has 2 rings (SSSR count). The fourth-order valence-electron chi connectivity index (χ4n) is 2.75. The summed E-state index contributed by atoms with van der Waals surface area (Å²) in [5, 5.41) is 0. The van der Waals surface area contributed by atoms with E-state index in [-0.39, 0.29) is 11.8 Å². The molecule has 2 amide bonds. The lowest BCUT2D eigenvalue weighted by Crippen LogP contribution is -2.47.